The van der Waals surface area contributed by atoms with E-state index in [0.717, 1.165) is 22.9 Å². The van der Waals surface area contributed by atoms with E-state index in [1.165, 1.54) is 0 Å². The van der Waals surface area contributed by atoms with Crippen molar-refractivity contribution in [2.24, 2.45) is 0 Å². The van der Waals surface area contributed by atoms with E-state index in [9.17, 15) is 0 Å². The zero-order valence-corrected chi connectivity index (χ0v) is 9.96. The van der Waals surface area contributed by atoms with Crippen LogP contribution in [-0.2, 0) is 10.3 Å². The SMILES string of the molecule is [C-]#[N+]C1(c2ccc(Br)cc2)CCOCC1. The average molecular weight is 266 g/mol. The summed E-state index contributed by atoms with van der Waals surface area (Å²) in [6, 6.07) is 8.07. The zero-order valence-electron chi connectivity index (χ0n) is 8.37. The third-order valence-electron chi connectivity index (χ3n) is 2.92. The fourth-order valence-electron chi connectivity index (χ4n) is 1.93. The van der Waals surface area contributed by atoms with Gasteiger partial charge in [-0.15, -0.1) is 0 Å². The largest absolute Gasteiger partial charge is 0.381 e. The summed E-state index contributed by atoms with van der Waals surface area (Å²) in [4.78, 5) is 3.83. The molecule has 1 aromatic carbocycles. The first kappa shape index (κ1) is 10.7. The number of ether oxygens (including phenoxy) is 1. The highest BCUT2D eigenvalue weighted by molar-refractivity contribution is 9.10. The van der Waals surface area contributed by atoms with E-state index in [2.05, 4.69) is 20.8 Å². The van der Waals surface area contributed by atoms with Gasteiger partial charge in [0.15, 0.2) is 0 Å². The molecule has 0 radical (unpaired) electrons. The molecule has 0 atom stereocenters. The van der Waals surface area contributed by atoms with Crippen LogP contribution in [-0.4, -0.2) is 13.2 Å². The number of hydrogen-bond acceptors (Lipinski definition) is 1. The highest BCUT2D eigenvalue weighted by atomic mass is 79.9. The molecule has 1 aliphatic rings. The minimum absolute atomic E-state index is 0.348. The van der Waals surface area contributed by atoms with Crippen LogP contribution in [0.1, 0.15) is 18.4 Å². The molecule has 3 heteroatoms. The maximum atomic E-state index is 7.39. The summed E-state index contributed by atoms with van der Waals surface area (Å²) in [5.41, 5.74) is 0.767. The van der Waals surface area contributed by atoms with Gasteiger partial charge in [0.2, 0.25) is 0 Å². The van der Waals surface area contributed by atoms with Crippen molar-refractivity contribution in [2.45, 2.75) is 18.4 Å². The van der Waals surface area contributed by atoms with E-state index in [-0.39, 0.29) is 5.54 Å². The number of hydrogen-bond donors (Lipinski definition) is 0. The minimum atomic E-state index is -0.348. The van der Waals surface area contributed by atoms with E-state index < -0.39 is 0 Å². The lowest BCUT2D eigenvalue weighted by molar-refractivity contribution is 0.0646. The fourth-order valence-corrected chi connectivity index (χ4v) is 2.20. The molecule has 0 amide bonds. The summed E-state index contributed by atoms with van der Waals surface area (Å²) in [6.45, 7) is 8.78. The zero-order chi connectivity index (χ0) is 10.7. The highest BCUT2D eigenvalue weighted by Gasteiger charge is 2.40. The molecule has 78 valence electrons. The monoisotopic (exact) mass is 265 g/mol. The quantitative estimate of drug-likeness (QED) is 0.710. The molecule has 15 heavy (non-hydrogen) atoms. The molecule has 0 N–H and O–H groups in total. The molecular formula is C12H12BrNO. The second-order valence-corrected chi connectivity index (χ2v) is 4.68. The molecule has 1 aromatic rings. The van der Waals surface area contributed by atoms with Gasteiger partial charge >= 0.3 is 0 Å². The normalized spacial score (nSPS) is 19.5. The fraction of sp³-hybridized carbons (Fsp3) is 0.417. The van der Waals surface area contributed by atoms with Crippen molar-refractivity contribution in [1.29, 1.82) is 0 Å². The van der Waals surface area contributed by atoms with Crippen molar-refractivity contribution in [3.63, 3.8) is 0 Å². The van der Waals surface area contributed by atoms with Gasteiger partial charge in [0.25, 0.3) is 5.54 Å². The maximum absolute atomic E-state index is 7.39. The predicted octanol–water partition coefficient (Wildman–Crippen LogP) is 3.37. The third kappa shape index (κ3) is 2.06. The maximum Gasteiger partial charge on any atom is 0.261 e. The molecular weight excluding hydrogens is 254 g/mol. The molecule has 0 aromatic heterocycles. The Labute approximate surface area is 98.2 Å². The van der Waals surface area contributed by atoms with Crippen LogP contribution in [0.4, 0.5) is 0 Å². The van der Waals surface area contributed by atoms with Crippen LogP contribution in [0.2, 0.25) is 0 Å². The van der Waals surface area contributed by atoms with Crippen LogP contribution >= 0.6 is 15.9 Å². The number of benzene rings is 1. The number of rotatable bonds is 1. The van der Waals surface area contributed by atoms with Gasteiger partial charge in [-0.3, -0.25) is 0 Å². The van der Waals surface area contributed by atoms with E-state index in [0.29, 0.717) is 13.2 Å². The Morgan fingerprint density at radius 3 is 2.33 bits per heavy atom. The summed E-state index contributed by atoms with van der Waals surface area (Å²) in [6.07, 6.45) is 1.61. The molecule has 0 saturated carbocycles. The molecule has 0 unspecified atom stereocenters. The first-order chi connectivity index (χ1) is 7.27. The van der Waals surface area contributed by atoms with Crippen LogP contribution < -0.4 is 0 Å². The predicted molar refractivity (Wildman–Crippen MR) is 62.5 cm³/mol. The second-order valence-electron chi connectivity index (χ2n) is 3.76. The number of nitrogens with zero attached hydrogens (tertiary/aromatic N) is 1. The van der Waals surface area contributed by atoms with Gasteiger partial charge in [-0.25, -0.2) is 6.57 Å². The summed E-state index contributed by atoms with van der Waals surface area (Å²) in [5, 5.41) is 0. The van der Waals surface area contributed by atoms with Gasteiger partial charge in [-0.1, -0.05) is 15.9 Å². The lowest BCUT2D eigenvalue weighted by Crippen LogP contribution is -2.30. The molecule has 1 saturated heterocycles. The molecule has 1 aliphatic heterocycles. The van der Waals surface area contributed by atoms with Gasteiger partial charge in [0, 0.05) is 10.0 Å². The van der Waals surface area contributed by atoms with Crippen LogP contribution in [0.15, 0.2) is 28.7 Å². The van der Waals surface area contributed by atoms with Crippen LogP contribution in [0.5, 0.6) is 0 Å². The Morgan fingerprint density at radius 2 is 1.80 bits per heavy atom. The summed E-state index contributed by atoms with van der Waals surface area (Å²) in [7, 11) is 0. The van der Waals surface area contributed by atoms with Gasteiger partial charge < -0.3 is 9.58 Å². The summed E-state index contributed by atoms with van der Waals surface area (Å²) < 4.78 is 6.37. The van der Waals surface area contributed by atoms with Crippen molar-refractivity contribution < 1.29 is 4.74 Å². The molecule has 1 fully saturated rings. The van der Waals surface area contributed by atoms with E-state index in [1.54, 1.807) is 0 Å². The average Bonchev–Trinajstić information content (AvgIpc) is 2.31. The molecule has 0 bridgehead atoms. The molecule has 0 spiro atoms. The topological polar surface area (TPSA) is 13.6 Å². The Hall–Kier alpha value is -0.850. The Balaban J connectivity index is 2.33. The summed E-state index contributed by atoms with van der Waals surface area (Å²) in [5.74, 6) is 0. The molecule has 2 rings (SSSR count). The molecule has 0 aliphatic carbocycles. The highest BCUT2D eigenvalue weighted by Crippen LogP contribution is 2.36. The summed E-state index contributed by atoms with van der Waals surface area (Å²) >= 11 is 3.41. The van der Waals surface area contributed by atoms with Crippen molar-refractivity contribution in [3.8, 4) is 0 Å². The second kappa shape index (κ2) is 4.34. The van der Waals surface area contributed by atoms with Gasteiger partial charge in [0.1, 0.15) is 0 Å². The number of halogens is 1. The van der Waals surface area contributed by atoms with Crippen LogP contribution in [0.3, 0.4) is 0 Å². The lowest BCUT2D eigenvalue weighted by atomic mass is 9.84. The van der Waals surface area contributed by atoms with Crippen molar-refractivity contribution >= 4 is 15.9 Å². The first-order valence-electron chi connectivity index (χ1n) is 4.99. The Bertz CT molecular complexity index is 374. The Kier molecular flexibility index (Phi) is 3.08. The molecule has 1 heterocycles. The smallest absolute Gasteiger partial charge is 0.261 e. The third-order valence-corrected chi connectivity index (χ3v) is 3.44. The van der Waals surface area contributed by atoms with Gasteiger partial charge in [0.05, 0.1) is 26.1 Å². The van der Waals surface area contributed by atoms with Crippen molar-refractivity contribution in [3.05, 3.63) is 45.7 Å². The van der Waals surface area contributed by atoms with Crippen LogP contribution in [0, 0.1) is 6.57 Å². The minimum Gasteiger partial charge on any atom is -0.381 e. The van der Waals surface area contributed by atoms with Crippen molar-refractivity contribution in [2.75, 3.05) is 13.2 Å². The van der Waals surface area contributed by atoms with Crippen LogP contribution in [0.25, 0.3) is 4.85 Å². The lowest BCUT2D eigenvalue weighted by Gasteiger charge is -2.26. The van der Waals surface area contributed by atoms with E-state index in [1.807, 2.05) is 24.3 Å². The van der Waals surface area contributed by atoms with Gasteiger partial charge in [-0.2, -0.15) is 0 Å². The van der Waals surface area contributed by atoms with E-state index >= 15 is 0 Å². The van der Waals surface area contributed by atoms with Crippen molar-refractivity contribution in [1.82, 2.24) is 0 Å². The molecule has 2 nitrogen and oxygen atoms in total. The standard InChI is InChI=1S/C12H12BrNO/c1-14-12(6-8-15-9-7-12)10-2-4-11(13)5-3-10/h2-5H,6-9H2. The van der Waals surface area contributed by atoms with Gasteiger partial charge in [-0.05, 0) is 24.3 Å². The Morgan fingerprint density at radius 1 is 1.20 bits per heavy atom. The first-order valence-corrected chi connectivity index (χ1v) is 5.79. The van der Waals surface area contributed by atoms with E-state index in [4.69, 9.17) is 11.3 Å².